The van der Waals surface area contributed by atoms with Crippen LogP contribution in [-0.4, -0.2) is 29.0 Å². The Balaban J connectivity index is 2.93. The first-order chi connectivity index (χ1) is 8.13. The van der Waals surface area contributed by atoms with Crippen molar-refractivity contribution in [2.45, 2.75) is 6.92 Å². The maximum Gasteiger partial charge on any atom is 0.340 e. The summed E-state index contributed by atoms with van der Waals surface area (Å²) in [7, 11) is 0. The fraction of sp³-hybridized carbons (Fsp3) is 0.273. The molecule has 1 aromatic heterocycles. The van der Waals surface area contributed by atoms with Gasteiger partial charge in [-0.25, -0.2) is 4.79 Å². The highest BCUT2D eigenvalue weighted by atomic mass is 16.6. The van der Waals surface area contributed by atoms with Crippen LogP contribution in [0.5, 0.6) is 0 Å². The smallest absolute Gasteiger partial charge is 0.340 e. The van der Waals surface area contributed by atoms with Crippen LogP contribution in [0.25, 0.3) is 6.08 Å². The van der Waals surface area contributed by atoms with Gasteiger partial charge in [-0.1, -0.05) is 6.07 Å². The average Bonchev–Trinajstić information content (AvgIpc) is 2.29. The van der Waals surface area contributed by atoms with E-state index in [-0.39, 0.29) is 12.2 Å². The number of nitro groups is 1. The summed E-state index contributed by atoms with van der Waals surface area (Å²) in [6.07, 6.45) is 4.50. The summed E-state index contributed by atoms with van der Waals surface area (Å²) in [5.41, 5.74) is 0.627. The molecule has 6 nitrogen and oxygen atoms in total. The molecule has 0 aliphatic rings. The first-order valence-corrected chi connectivity index (χ1v) is 5.03. The van der Waals surface area contributed by atoms with Gasteiger partial charge in [-0.2, -0.15) is 0 Å². The van der Waals surface area contributed by atoms with Gasteiger partial charge < -0.3 is 4.74 Å². The molecular weight excluding hydrogens is 224 g/mol. The van der Waals surface area contributed by atoms with Gasteiger partial charge in [0.05, 0.1) is 6.61 Å². The molecule has 6 heteroatoms. The Morgan fingerprint density at radius 3 is 2.94 bits per heavy atom. The zero-order chi connectivity index (χ0) is 12.7. The normalized spacial score (nSPS) is 11.0. The highest BCUT2D eigenvalue weighted by Crippen LogP contribution is 2.07. The van der Waals surface area contributed by atoms with E-state index in [2.05, 4.69) is 4.98 Å². The summed E-state index contributed by atoms with van der Waals surface area (Å²) < 4.78 is 4.75. The van der Waals surface area contributed by atoms with Crippen LogP contribution in [-0.2, 0) is 9.53 Å². The Kier molecular flexibility index (Phi) is 4.80. The molecule has 0 aliphatic heterocycles. The molecule has 0 amide bonds. The third-order valence-corrected chi connectivity index (χ3v) is 1.86. The Hall–Kier alpha value is -2.24. The van der Waals surface area contributed by atoms with Crippen molar-refractivity contribution in [3.63, 3.8) is 0 Å². The largest absolute Gasteiger partial charge is 0.462 e. The van der Waals surface area contributed by atoms with E-state index < -0.39 is 17.4 Å². The molecule has 0 aliphatic carbocycles. The van der Waals surface area contributed by atoms with E-state index in [4.69, 9.17) is 4.74 Å². The lowest BCUT2D eigenvalue weighted by Crippen LogP contribution is -2.15. The lowest BCUT2D eigenvalue weighted by Gasteiger charge is -2.02. The molecule has 0 unspecified atom stereocenters. The topological polar surface area (TPSA) is 82.3 Å². The molecule has 1 heterocycles. The van der Waals surface area contributed by atoms with E-state index in [9.17, 15) is 14.9 Å². The maximum absolute atomic E-state index is 11.5. The molecule has 0 saturated carbocycles. The van der Waals surface area contributed by atoms with Gasteiger partial charge in [-0.3, -0.25) is 15.1 Å². The second-order valence-corrected chi connectivity index (χ2v) is 3.17. The summed E-state index contributed by atoms with van der Waals surface area (Å²) in [5, 5.41) is 10.4. The molecule has 0 bridgehead atoms. The van der Waals surface area contributed by atoms with Gasteiger partial charge in [0, 0.05) is 17.3 Å². The van der Waals surface area contributed by atoms with Gasteiger partial charge in [0.15, 0.2) is 0 Å². The third kappa shape index (κ3) is 4.42. The minimum Gasteiger partial charge on any atom is -0.462 e. The van der Waals surface area contributed by atoms with Crippen molar-refractivity contribution in [2.24, 2.45) is 0 Å². The van der Waals surface area contributed by atoms with Gasteiger partial charge in [0.2, 0.25) is 6.54 Å². The Morgan fingerprint density at radius 2 is 2.41 bits per heavy atom. The molecular formula is C11H12N2O4. The Labute approximate surface area is 98.1 Å². The lowest BCUT2D eigenvalue weighted by atomic mass is 10.1. The van der Waals surface area contributed by atoms with Crippen molar-refractivity contribution in [3.8, 4) is 0 Å². The monoisotopic (exact) mass is 236 g/mol. The fourth-order valence-corrected chi connectivity index (χ4v) is 1.19. The molecule has 1 rings (SSSR count). The number of pyridine rings is 1. The van der Waals surface area contributed by atoms with Crippen molar-refractivity contribution >= 4 is 12.0 Å². The number of hydrogen-bond acceptors (Lipinski definition) is 5. The highest BCUT2D eigenvalue weighted by Gasteiger charge is 2.16. The Bertz CT molecular complexity index is 428. The number of aromatic nitrogens is 1. The molecule has 90 valence electrons. The molecule has 0 spiro atoms. The summed E-state index contributed by atoms with van der Waals surface area (Å²) in [4.78, 5) is 25.2. The molecule has 1 aromatic rings. The SMILES string of the molecule is CCOC(=O)C(=Cc1cccnc1)C[N+](=O)[O-]. The van der Waals surface area contributed by atoms with Crippen LogP contribution in [0.3, 0.4) is 0 Å². The molecule has 0 saturated heterocycles. The molecule has 0 fully saturated rings. The highest BCUT2D eigenvalue weighted by molar-refractivity contribution is 5.93. The van der Waals surface area contributed by atoms with E-state index >= 15 is 0 Å². The first kappa shape index (κ1) is 12.8. The van der Waals surface area contributed by atoms with Crippen LogP contribution < -0.4 is 0 Å². The van der Waals surface area contributed by atoms with Crippen molar-refractivity contribution in [1.29, 1.82) is 0 Å². The minimum absolute atomic E-state index is 0.00449. The van der Waals surface area contributed by atoms with Crippen molar-refractivity contribution in [3.05, 3.63) is 45.8 Å². The maximum atomic E-state index is 11.5. The number of rotatable bonds is 5. The van der Waals surface area contributed by atoms with Gasteiger partial charge in [-0.15, -0.1) is 0 Å². The predicted molar refractivity (Wildman–Crippen MR) is 60.7 cm³/mol. The van der Waals surface area contributed by atoms with Gasteiger partial charge >= 0.3 is 5.97 Å². The summed E-state index contributed by atoms with van der Waals surface area (Å²) in [6.45, 7) is 1.26. The second-order valence-electron chi connectivity index (χ2n) is 3.17. The quantitative estimate of drug-likeness (QED) is 0.333. The van der Waals surface area contributed by atoms with E-state index in [1.807, 2.05) is 0 Å². The number of nitrogens with zero attached hydrogens (tertiary/aromatic N) is 2. The number of esters is 1. The molecule has 17 heavy (non-hydrogen) atoms. The number of hydrogen-bond donors (Lipinski definition) is 0. The van der Waals surface area contributed by atoms with E-state index in [1.54, 1.807) is 25.3 Å². The van der Waals surface area contributed by atoms with Gasteiger partial charge in [-0.05, 0) is 24.6 Å². The summed E-state index contributed by atoms with van der Waals surface area (Å²) in [5.74, 6) is -0.673. The van der Waals surface area contributed by atoms with Crippen LogP contribution in [0.4, 0.5) is 0 Å². The number of carbonyl (C=O) groups is 1. The van der Waals surface area contributed by atoms with Crippen molar-refractivity contribution < 1.29 is 14.5 Å². The Morgan fingerprint density at radius 1 is 1.65 bits per heavy atom. The molecule has 0 atom stereocenters. The molecule has 0 radical (unpaired) electrons. The molecule has 0 N–H and O–H groups in total. The van der Waals surface area contributed by atoms with Crippen LogP contribution in [0.2, 0.25) is 0 Å². The number of ether oxygens (including phenoxy) is 1. The van der Waals surface area contributed by atoms with E-state index in [1.165, 1.54) is 12.3 Å². The first-order valence-electron chi connectivity index (χ1n) is 5.03. The summed E-state index contributed by atoms with van der Waals surface area (Å²) >= 11 is 0. The van der Waals surface area contributed by atoms with E-state index in [0.717, 1.165) is 0 Å². The van der Waals surface area contributed by atoms with Crippen LogP contribution in [0.15, 0.2) is 30.1 Å². The zero-order valence-electron chi connectivity index (χ0n) is 9.33. The van der Waals surface area contributed by atoms with Crippen LogP contribution in [0.1, 0.15) is 12.5 Å². The average molecular weight is 236 g/mol. The van der Waals surface area contributed by atoms with Crippen LogP contribution >= 0.6 is 0 Å². The zero-order valence-corrected chi connectivity index (χ0v) is 9.33. The molecule has 0 aromatic carbocycles. The van der Waals surface area contributed by atoms with Gasteiger partial charge in [0.25, 0.3) is 0 Å². The van der Waals surface area contributed by atoms with Crippen LogP contribution in [0, 0.1) is 10.1 Å². The van der Waals surface area contributed by atoms with Crippen molar-refractivity contribution in [2.75, 3.05) is 13.2 Å². The lowest BCUT2D eigenvalue weighted by molar-refractivity contribution is -0.470. The van der Waals surface area contributed by atoms with Gasteiger partial charge in [0.1, 0.15) is 5.57 Å². The standard InChI is InChI=1S/C11H12N2O4/c1-2-17-11(14)10(8-13(15)16)6-9-4-3-5-12-7-9/h3-7H,2,8H2,1H3. The summed E-state index contributed by atoms with van der Waals surface area (Å²) in [6, 6.07) is 3.38. The second kappa shape index (κ2) is 6.37. The number of carbonyl (C=O) groups excluding carboxylic acids is 1. The van der Waals surface area contributed by atoms with E-state index in [0.29, 0.717) is 5.56 Å². The minimum atomic E-state index is -0.673. The fourth-order valence-electron chi connectivity index (χ4n) is 1.19. The third-order valence-electron chi connectivity index (χ3n) is 1.86. The van der Waals surface area contributed by atoms with Crippen molar-refractivity contribution in [1.82, 2.24) is 4.98 Å². The predicted octanol–water partition coefficient (Wildman–Crippen LogP) is 1.30.